The van der Waals surface area contributed by atoms with Crippen molar-refractivity contribution in [1.82, 2.24) is 10.2 Å². The molecule has 0 aliphatic heterocycles. The first kappa shape index (κ1) is 15.5. The number of ether oxygens (including phenoxy) is 1. The van der Waals surface area contributed by atoms with Crippen LogP contribution in [0.2, 0.25) is 0 Å². The van der Waals surface area contributed by atoms with E-state index < -0.39 is 0 Å². The molecule has 1 aromatic rings. The maximum atomic E-state index is 11.9. The first-order chi connectivity index (χ1) is 9.22. The summed E-state index contributed by atoms with van der Waals surface area (Å²) in [5.74, 6) is 0. The lowest BCUT2D eigenvalue weighted by atomic mass is 10.1. The van der Waals surface area contributed by atoms with E-state index in [1.807, 2.05) is 45.0 Å². The number of carbonyl (C=O) groups is 1. The molecule has 0 unspecified atom stereocenters. The molecule has 0 radical (unpaired) electrons. The normalized spacial score (nSPS) is 10.3. The first-order valence-corrected chi connectivity index (χ1v) is 6.90. The molecule has 0 heterocycles. The molecule has 0 atom stereocenters. The van der Waals surface area contributed by atoms with Gasteiger partial charge in [-0.3, -0.25) is 0 Å². The van der Waals surface area contributed by atoms with Gasteiger partial charge in [-0.05, 0) is 31.9 Å². The van der Waals surface area contributed by atoms with E-state index in [0.717, 1.165) is 24.2 Å². The van der Waals surface area contributed by atoms with Crippen LogP contribution in [0.15, 0.2) is 24.3 Å². The molecule has 0 aliphatic rings. The van der Waals surface area contributed by atoms with Crippen LogP contribution in [0, 0.1) is 0 Å². The number of urea groups is 1. The SMILES string of the molecule is CCOCc1ccccc1CNC(=O)N(CC)CC. The van der Waals surface area contributed by atoms with E-state index in [9.17, 15) is 4.79 Å². The fraction of sp³-hybridized carbons (Fsp3) is 0.533. The second-order valence-electron chi connectivity index (χ2n) is 4.24. The molecule has 0 saturated carbocycles. The third-order valence-corrected chi connectivity index (χ3v) is 3.06. The molecule has 1 rings (SSSR count). The largest absolute Gasteiger partial charge is 0.377 e. The fourth-order valence-corrected chi connectivity index (χ4v) is 1.88. The molecular weight excluding hydrogens is 240 g/mol. The Balaban J connectivity index is 2.59. The van der Waals surface area contributed by atoms with Crippen LogP contribution in [0.25, 0.3) is 0 Å². The van der Waals surface area contributed by atoms with E-state index >= 15 is 0 Å². The molecule has 19 heavy (non-hydrogen) atoms. The smallest absolute Gasteiger partial charge is 0.317 e. The maximum Gasteiger partial charge on any atom is 0.317 e. The Morgan fingerprint density at radius 3 is 2.37 bits per heavy atom. The van der Waals surface area contributed by atoms with E-state index in [1.54, 1.807) is 4.90 Å². The van der Waals surface area contributed by atoms with Gasteiger partial charge in [0.25, 0.3) is 0 Å². The lowest BCUT2D eigenvalue weighted by molar-refractivity contribution is 0.133. The van der Waals surface area contributed by atoms with Gasteiger partial charge >= 0.3 is 6.03 Å². The van der Waals surface area contributed by atoms with Crippen molar-refractivity contribution < 1.29 is 9.53 Å². The summed E-state index contributed by atoms with van der Waals surface area (Å²) in [4.78, 5) is 13.7. The standard InChI is InChI=1S/C15H24N2O2/c1-4-17(5-2)15(18)16-11-13-9-7-8-10-14(13)12-19-6-3/h7-10H,4-6,11-12H2,1-3H3,(H,16,18). The van der Waals surface area contributed by atoms with Crippen molar-refractivity contribution in [1.29, 1.82) is 0 Å². The summed E-state index contributed by atoms with van der Waals surface area (Å²) in [7, 11) is 0. The van der Waals surface area contributed by atoms with E-state index in [2.05, 4.69) is 5.32 Å². The number of rotatable bonds is 7. The molecule has 0 fully saturated rings. The van der Waals surface area contributed by atoms with E-state index in [1.165, 1.54) is 0 Å². The zero-order valence-corrected chi connectivity index (χ0v) is 12.1. The van der Waals surface area contributed by atoms with Crippen LogP contribution in [0.3, 0.4) is 0 Å². The lowest BCUT2D eigenvalue weighted by Gasteiger charge is -2.19. The highest BCUT2D eigenvalue weighted by atomic mass is 16.5. The Morgan fingerprint density at radius 1 is 1.16 bits per heavy atom. The average molecular weight is 264 g/mol. The molecule has 1 aromatic carbocycles. The summed E-state index contributed by atoms with van der Waals surface area (Å²) in [6, 6.07) is 8.01. The van der Waals surface area contributed by atoms with Crippen LogP contribution in [0.5, 0.6) is 0 Å². The van der Waals surface area contributed by atoms with Crippen LogP contribution in [0.1, 0.15) is 31.9 Å². The predicted molar refractivity (Wildman–Crippen MR) is 76.9 cm³/mol. The van der Waals surface area contributed by atoms with Crippen LogP contribution in [0.4, 0.5) is 4.79 Å². The van der Waals surface area contributed by atoms with Gasteiger partial charge in [0.15, 0.2) is 0 Å². The van der Waals surface area contributed by atoms with Crippen LogP contribution in [-0.2, 0) is 17.9 Å². The van der Waals surface area contributed by atoms with Gasteiger partial charge in [0, 0.05) is 26.2 Å². The molecular formula is C15H24N2O2. The minimum Gasteiger partial charge on any atom is -0.377 e. The average Bonchev–Trinajstić information content (AvgIpc) is 2.45. The third kappa shape index (κ3) is 4.91. The Labute approximate surface area is 115 Å². The number of nitrogens with zero attached hydrogens (tertiary/aromatic N) is 1. The van der Waals surface area contributed by atoms with Gasteiger partial charge < -0.3 is 15.0 Å². The molecule has 4 heteroatoms. The van der Waals surface area contributed by atoms with Crippen molar-refractivity contribution in [2.45, 2.75) is 33.9 Å². The summed E-state index contributed by atoms with van der Waals surface area (Å²) in [6.07, 6.45) is 0. The highest BCUT2D eigenvalue weighted by Gasteiger charge is 2.09. The number of carbonyl (C=O) groups excluding carboxylic acids is 1. The molecule has 0 aliphatic carbocycles. The van der Waals surface area contributed by atoms with Gasteiger partial charge in [-0.15, -0.1) is 0 Å². The first-order valence-electron chi connectivity index (χ1n) is 6.90. The Hall–Kier alpha value is -1.55. The van der Waals surface area contributed by atoms with Gasteiger partial charge in [0.2, 0.25) is 0 Å². The Kier molecular flexibility index (Phi) is 6.97. The molecule has 2 amide bonds. The van der Waals surface area contributed by atoms with E-state index in [0.29, 0.717) is 19.8 Å². The molecule has 0 bridgehead atoms. The van der Waals surface area contributed by atoms with Crippen LogP contribution >= 0.6 is 0 Å². The summed E-state index contributed by atoms with van der Waals surface area (Å²) in [5.41, 5.74) is 2.24. The quantitative estimate of drug-likeness (QED) is 0.822. The number of hydrogen-bond acceptors (Lipinski definition) is 2. The second kappa shape index (κ2) is 8.53. The molecule has 0 saturated heterocycles. The van der Waals surface area contributed by atoms with Gasteiger partial charge in [0.1, 0.15) is 0 Å². The Bertz CT molecular complexity index is 389. The van der Waals surface area contributed by atoms with Crippen molar-refractivity contribution in [3.63, 3.8) is 0 Å². The predicted octanol–water partition coefficient (Wildman–Crippen LogP) is 2.77. The molecule has 1 N–H and O–H groups in total. The lowest BCUT2D eigenvalue weighted by Crippen LogP contribution is -2.39. The molecule has 106 valence electrons. The maximum absolute atomic E-state index is 11.9. The van der Waals surface area contributed by atoms with Crippen LogP contribution < -0.4 is 5.32 Å². The summed E-state index contributed by atoms with van der Waals surface area (Å²) >= 11 is 0. The van der Waals surface area contributed by atoms with Crippen molar-refractivity contribution in [3.8, 4) is 0 Å². The highest BCUT2D eigenvalue weighted by Crippen LogP contribution is 2.10. The minimum atomic E-state index is -0.0174. The number of amides is 2. The number of benzene rings is 1. The number of nitrogens with one attached hydrogen (secondary N) is 1. The zero-order valence-electron chi connectivity index (χ0n) is 12.1. The van der Waals surface area contributed by atoms with Gasteiger partial charge in [-0.25, -0.2) is 4.79 Å². The van der Waals surface area contributed by atoms with Crippen molar-refractivity contribution in [3.05, 3.63) is 35.4 Å². The van der Waals surface area contributed by atoms with Crippen molar-refractivity contribution >= 4 is 6.03 Å². The van der Waals surface area contributed by atoms with Gasteiger partial charge in [-0.2, -0.15) is 0 Å². The second-order valence-corrected chi connectivity index (χ2v) is 4.24. The summed E-state index contributed by atoms with van der Waals surface area (Å²) < 4.78 is 5.43. The third-order valence-electron chi connectivity index (χ3n) is 3.06. The monoisotopic (exact) mass is 264 g/mol. The van der Waals surface area contributed by atoms with Gasteiger partial charge in [0.05, 0.1) is 6.61 Å². The van der Waals surface area contributed by atoms with Crippen LogP contribution in [-0.4, -0.2) is 30.6 Å². The molecule has 0 aromatic heterocycles. The Morgan fingerprint density at radius 2 is 1.79 bits per heavy atom. The number of hydrogen-bond donors (Lipinski definition) is 1. The van der Waals surface area contributed by atoms with E-state index in [-0.39, 0.29) is 6.03 Å². The van der Waals surface area contributed by atoms with E-state index in [4.69, 9.17) is 4.74 Å². The van der Waals surface area contributed by atoms with Crippen molar-refractivity contribution in [2.75, 3.05) is 19.7 Å². The summed E-state index contributed by atoms with van der Waals surface area (Å²) in [5, 5.41) is 2.95. The summed E-state index contributed by atoms with van der Waals surface area (Å²) in [6.45, 7) is 9.21. The minimum absolute atomic E-state index is 0.0174. The van der Waals surface area contributed by atoms with Gasteiger partial charge in [-0.1, -0.05) is 24.3 Å². The highest BCUT2D eigenvalue weighted by molar-refractivity contribution is 5.74. The zero-order chi connectivity index (χ0) is 14.1. The molecule has 4 nitrogen and oxygen atoms in total. The molecule has 0 spiro atoms. The fourth-order valence-electron chi connectivity index (χ4n) is 1.88. The topological polar surface area (TPSA) is 41.6 Å². The van der Waals surface area contributed by atoms with Crippen molar-refractivity contribution in [2.24, 2.45) is 0 Å².